The molecule has 0 aliphatic carbocycles. The highest BCUT2D eigenvalue weighted by Gasteiger charge is 2.22. The molecule has 1 saturated heterocycles. The van der Waals surface area contributed by atoms with Gasteiger partial charge in [0.2, 0.25) is 5.91 Å². The Labute approximate surface area is 153 Å². The zero-order valence-corrected chi connectivity index (χ0v) is 15.3. The van der Waals surface area contributed by atoms with E-state index in [1.165, 1.54) is 0 Å². The molecular weight excluding hydrogens is 349 g/mol. The molecular formula is C16H23Cl2N5O. The van der Waals surface area contributed by atoms with Gasteiger partial charge in [-0.3, -0.25) is 9.69 Å². The Hall–Kier alpha value is -1.34. The maximum Gasteiger partial charge on any atom is 0.224 e. The van der Waals surface area contributed by atoms with Crippen LogP contribution in [-0.2, 0) is 11.3 Å². The molecule has 0 aromatic carbocycles. The van der Waals surface area contributed by atoms with Crippen molar-refractivity contribution in [3.05, 3.63) is 35.2 Å². The quantitative estimate of drug-likeness (QED) is 0.889. The minimum atomic E-state index is -0.0784. The van der Waals surface area contributed by atoms with Crippen LogP contribution in [-0.4, -0.2) is 57.3 Å². The van der Waals surface area contributed by atoms with Crippen LogP contribution in [0.3, 0.4) is 0 Å². The monoisotopic (exact) mass is 371 g/mol. The van der Waals surface area contributed by atoms with E-state index in [4.69, 9.17) is 17.3 Å². The molecule has 1 amide bonds. The Morgan fingerprint density at radius 3 is 2.67 bits per heavy atom. The van der Waals surface area contributed by atoms with Crippen molar-refractivity contribution in [3.63, 3.8) is 0 Å². The predicted octanol–water partition coefficient (Wildman–Crippen LogP) is 1.79. The zero-order chi connectivity index (χ0) is 16.4. The number of amides is 1. The summed E-state index contributed by atoms with van der Waals surface area (Å²) in [4.78, 5) is 20.9. The van der Waals surface area contributed by atoms with Gasteiger partial charge in [-0.05, 0) is 19.1 Å². The maximum absolute atomic E-state index is 12.0. The number of nitrogens with two attached hydrogens (primary N) is 1. The van der Waals surface area contributed by atoms with Gasteiger partial charge in [0.25, 0.3) is 0 Å². The molecule has 1 unspecified atom stereocenters. The molecule has 6 nitrogen and oxygen atoms in total. The van der Waals surface area contributed by atoms with Crippen LogP contribution >= 0.6 is 24.0 Å². The first-order valence-corrected chi connectivity index (χ1v) is 8.28. The molecule has 8 heteroatoms. The first-order valence-electron chi connectivity index (χ1n) is 7.90. The Morgan fingerprint density at radius 2 is 2.00 bits per heavy atom. The molecule has 3 heterocycles. The van der Waals surface area contributed by atoms with Crippen LogP contribution in [0.15, 0.2) is 24.5 Å². The first kappa shape index (κ1) is 19.0. The Kier molecular flexibility index (Phi) is 6.46. The third-order valence-corrected chi connectivity index (χ3v) is 4.30. The van der Waals surface area contributed by atoms with Crippen molar-refractivity contribution in [1.82, 2.24) is 19.2 Å². The molecule has 0 saturated carbocycles. The van der Waals surface area contributed by atoms with Gasteiger partial charge < -0.3 is 15.0 Å². The van der Waals surface area contributed by atoms with Gasteiger partial charge in [0.1, 0.15) is 5.65 Å². The molecule has 1 aliphatic rings. The molecule has 2 N–H and O–H groups in total. The second kappa shape index (κ2) is 8.16. The van der Waals surface area contributed by atoms with Crippen molar-refractivity contribution in [1.29, 1.82) is 0 Å². The van der Waals surface area contributed by atoms with Crippen LogP contribution in [0, 0.1) is 0 Å². The Bertz CT molecular complexity index is 695. The summed E-state index contributed by atoms with van der Waals surface area (Å²) >= 11 is 6.00. The average molecular weight is 372 g/mol. The lowest BCUT2D eigenvalue weighted by molar-refractivity contribution is -0.133. The normalized spacial score (nSPS) is 16.9. The summed E-state index contributed by atoms with van der Waals surface area (Å²) in [5.74, 6) is 0.155. The van der Waals surface area contributed by atoms with Crippen molar-refractivity contribution < 1.29 is 4.79 Å². The largest absolute Gasteiger partial charge is 0.340 e. The SMILES string of the molecule is CC(N)CC(=O)N1CCN(Cc2cn3cc(Cl)ccc3n2)CC1.Cl. The highest BCUT2D eigenvalue weighted by molar-refractivity contribution is 6.30. The van der Waals surface area contributed by atoms with E-state index in [-0.39, 0.29) is 24.4 Å². The number of hydrogen-bond acceptors (Lipinski definition) is 4. The minimum absolute atomic E-state index is 0. The van der Waals surface area contributed by atoms with Crippen molar-refractivity contribution >= 4 is 35.6 Å². The molecule has 0 bridgehead atoms. The number of aromatic nitrogens is 2. The van der Waals surface area contributed by atoms with Crippen molar-refractivity contribution in [3.8, 4) is 0 Å². The lowest BCUT2D eigenvalue weighted by Crippen LogP contribution is -2.49. The number of rotatable bonds is 4. The number of nitrogens with zero attached hydrogens (tertiary/aromatic N) is 4. The van der Waals surface area contributed by atoms with Gasteiger partial charge >= 0.3 is 0 Å². The van der Waals surface area contributed by atoms with Gasteiger partial charge in [0.05, 0.1) is 10.7 Å². The van der Waals surface area contributed by atoms with Crippen LogP contribution in [0.1, 0.15) is 19.0 Å². The van der Waals surface area contributed by atoms with Gasteiger partial charge in [0.15, 0.2) is 0 Å². The minimum Gasteiger partial charge on any atom is -0.340 e. The van der Waals surface area contributed by atoms with E-state index < -0.39 is 0 Å². The van der Waals surface area contributed by atoms with Gasteiger partial charge in [-0.15, -0.1) is 12.4 Å². The number of imidazole rings is 1. The second-order valence-electron chi connectivity index (χ2n) is 6.18. The van der Waals surface area contributed by atoms with Crippen molar-refractivity contribution in [2.45, 2.75) is 25.9 Å². The molecule has 24 heavy (non-hydrogen) atoms. The number of pyridine rings is 1. The third-order valence-electron chi connectivity index (χ3n) is 4.07. The van der Waals surface area contributed by atoms with Crippen LogP contribution < -0.4 is 5.73 Å². The van der Waals surface area contributed by atoms with E-state index in [0.717, 1.165) is 44.1 Å². The topological polar surface area (TPSA) is 66.9 Å². The summed E-state index contributed by atoms with van der Waals surface area (Å²) in [6, 6.07) is 3.68. The molecule has 0 radical (unpaired) electrons. The van der Waals surface area contributed by atoms with Gasteiger partial charge in [0, 0.05) is 57.6 Å². The van der Waals surface area contributed by atoms with Crippen LogP contribution in [0.25, 0.3) is 5.65 Å². The second-order valence-corrected chi connectivity index (χ2v) is 6.62. The van der Waals surface area contributed by atoms with E-state index in [2.05, 4.69) is 9.88 Å². The van der Waals surface area contributed by atoms with Gasteiger partial charge in [-0.25, -0.2) is 4.98 Å². The number of carbonyl (C=O) groups is 1. The number of fused-ring (bicyclic) bond motifs is 1. The standard InChI is InChI=1S/C16H22ClN5O.ClH/c1-12(18)8-16(23)21-6-4-20(5-7-21)10-14-11-22-9-13(17)2-3-15(22)19-14;/h2-3,9,11-12H,4-8,10,18H2,1H3;1H. The fourth-order valence-corrected chi connectivity index (χ4v) is 3.05. The van der Waals surface area contributed by atoms with E-state index in [1.807, 2.05) is 40.8 Å². The van der Waals surface area contributed by atoms with E-state index in [1.54, 1.807) is 0 Å². The van der Waals surface area contributed by atoms with Crippen molar-refractivity contribution in [2.75, 3.05) is 26.2 Å². The molecule has 2 aromatic heterocycles. The van der Waals surface area contributed by atoms with Crippen LogP contribution in [0.5, 0.6) is 0 Å². The lowest BCUT2D eigenvalue weighted by atomic mass is 10.2. The number of carbonyl (C=O) groups excluding carboxylic acids is 1. The summed E-state index contributed by atoms with van der Waals surface area (Å²) in [6.45, 7) is 5.88. The average Bonchev–Trinajstić information content (AvgIpc) is 2.88. The van der Waals surface area contributed by atoms with E-state index >= 15 is 0 Å². The van der Waals surface area contributed by atoms with Gasteiger partial charge in [-0.2, -0.15) is 0 Å². The summed E-state index contributed by atoms with van der Waals surface area (Å²) in [7, 11) is 0. The van der Waals surface area contributed by atoms with Crippen LogP contribution in [0.2, 0.25) is 5.02 Å². The van der Waals surface area contributed by atoms with Crippen molar-refractivity contribution in [2.24, 2.45) is 5.73 Å². The number of piperazine rings is 1. The molecule has 1 fully saturated rings. The highest BCUT2D eigenvalue weighted by atomic mass is 35.5. The van der Waals surface area contributed by atoms with Crippen LogP contribution in [0.4, 0.5) is 0 Å². The number of hydrogen-bond donors (Lipinski definition) is 1. The molecule has 1 aliphatic heterocycles. The fraction of sp³-hybridized carbons (Fsp3) is 0.500. The molecule has 3 rings (SSSR count). The molecule has 0 spiro atoms. The third kappa shape index (κ3) is 4.60. The van der Waals surface area contributed by atoms with E-state index in [0.29, 0.717) is 11.4 Å². The summed E-state index contributed by atoms with van der Waals surface area (Å²) in [5.41, 5.74) is 7.61. The lowest BCUT2D eigenvalue weighted by Gasteiger charge is -2.34. The molecule has 2 aromatic rings. The Morgan fingerprint density at radius 1 is 1.29 bits per heavy atom. The zero-order valence-electron chi connectivity index (χ0n) is 13.7. The highest BCUT2D eigenvalue weighted by Crippen LogP contribution is 2.14. The Balaban J connectivity index is 0.00000208. The maximum atomic E-state index is 12.0. The summed E-state index contributed by atoms with van der Waals surface area (Å²) < 4.78 is 1.94. The summed E-state index contributed by atoms with van der Waals surface area (Å²) in [5, 5.41) is 0.697. The predicted molar refractivity (Wildman–Crippen MR) is 97.6 cm³/mol. The van der Waals surface area contributed by atoms with Gasteiger partial charge in [-0.1, -0.05) is 11.6 Å². The molecule has 132 valence electrons. The summed E-state index contributed by atoms with van der Waals surface area (Å²) in [6.07, 6.45) is 4.29. The molecule has 1 atom stereocenters. The first-order chi connectivity index (χ1) is 11.0. The smallest absolute Gasteiger partial charge is 0.224 e. The van der Waals surface area contributed by atoms with E-state index in [9.17, 15) is 4.79 Å². The fourth-order valence-electron chi connectivity index (χ4n) is 2.88. The number of halogens is 2.